The van der Waals surface area contributed by atoms with E-state index in [1.807, 2.05) is 6.92 Å². The van der Waals surface area contributed by atoms with E-state index in [4.69, 9.17) is 18.0 Å². The smallest absolute Gasteiger partial charge is 0.463 e. The molecule has 0 N–H and O–H groups in total. The Balaban J connectivity index is 0. The van der Waals surface area contributed by atoms with Crippen LogP contribution in [0.1, 0.15) is 84.5 Å². The largest absolute Gasteiger partial charge is 0.513 e. The van der Waals surface area contributed by atoms with Gasteiger partial charge in [-0.25, -0.2) is 4.79 Å². The summed E-state index contributed by atoms with van der Waals surface area (Å²) in [5.74, 6) is -0.305. The summed E-state index contributed by atoms with van der Waals surface area (Å²) < 4.78 is 20.5. The molecule has 1 atom stereocenters. The number of ether oxygens (including phenoxy) is 1. The maximum Gasteiger partial charge on any atom is 0.513 e. The number of rotatable bonds is 17. The van der Waals surface area contributed by atoms with Gasteiger partial charge in [-0.15, -0.1) is 0 Å². The van der Waals surface area contributed by atoms with Crippen LogP contribution in [0.4, 0.5) is 0 Å². The molecular formula is C21H44O5SSi. The molecule has 0 heterocycles. The van der Waals surface area contributed by atoms with Crippen molar-refractivity contribution < 1.29 is 22.8 Å². The Morgan fingerprint density at radius 1 is 0.893 bits per heavy atom. The second-order valence-electron chi connectivity index (χ2n) is 6.69. The molecule has 0 rings (SSSR count). The summed E-state index contributed by atoms with van der Waals surface area (Å²) in [6.45, 7) is 8.17. The van der Waals surface area contributed by atoms with Gasteiger partial charge in [0.2, 0.25) is 0 Å². The van der Waals surface area contributed by atoms with Gasteiger partial charge in [0.15, 0.2) is 0 Å². The molecule has 28 heavy (non-hydrogen) atoms. The molecule has 0 bridgehead atoms. The van der Waals surface area contributed by atoms with Crippen molar-refractivity contribution in [3.8, 4) is 0 Å². The normalized spacial score (nSPS) is 12.1. The van der Waals surface area contributed by atoms with Crippen LogP contribution in [-0.2, 0) is 22.8 Å². The molecule has 0 spiro atoms. The van der Waals surface area contributed by atoms with E-state index in [-0.39, 0.29) is 10.8 Å². The third kappa shape index (κ3) is 15.6. The molecule has 0 aliphatic heterocycles. The van der Waals surface area contributed by atoms with Crippen molar-refractivity contribution in [2.24, 2.45) is 0 Å². The van der Waals surface area contributed by atoms with Gasteiger partial charge < -0.3 is 18.0 Å². The maximum absolute atomic E-state index is 10.7. The zero-order valence-electron chi connectivity index (χ0n) is 18.8. The van der Waals surface area contributed by atoms with Crippen LogP contribution in [0, 0.1) is 0 Å². The van der Waals surface area contributed by atoms with Gasteiger partial charge in [-0.2, -0.15) is 12.6 Å². The average Bonchev–Trinajstić information content (AvgIpc) is 2.73. The minimum atomic E-state index is -2.46. The zero-order valence-corrected chi connectivity index (χ0v) is 20.7. The molecule has 0 aromatic carbocycles. The molecule has 1 unspecified atom stereocenters. The fraction of sp³-hybridized carbons (Fsp3) is 0.857. The molecule has 0 saturated carbocycles. The Hall–Kier alpha value is -0.343. The zero-order chi connectivity index (χ0) is 21.7. The summed E-state index contributed by atoms with van der Waals surface area (Å²) in [6.07, 6.45) is 15.1. The Kier molecular flexibility index (Phi) is 22.8. The molecule has 7 heteroatoms. The first-order chi connectivity index (χ1) is 13.5. The van der Waals surface area contributed by atoms with Crippen LogP contribution in [0.25, 0.3) is 0 Å². The van der Waals surface area contributed by atoms with Crippen molar-refractivity contribution in [3.05, 3.63) is 12.7 Å². The Labute approximate surface area is 180 Å². The van der Waals surface area contributed by atoms with Gasteiger partial charge in [-0.05, 0) is 12.8 Å². The fourth-order valence-electron chi connectivity index (χ4n) is 2.73. The minimum absolute atomic E-state index is 0.0579. The summed E-state index contributed by atoms with van der Waals surface area (Å²) in [7, 11) is 2.33. The third-order valence-electron chi connectivity index (χ3n) is 4.56. The van der Waals surface area contributed by atoms with Gasteiger partial charge in [-0.3, -0.25) is 0 Å². The van der Waals surface area contributed by atoms with Crippen molar-refractivity contribution in [1.29, 1.82) is 0 Å². The van der Waals surface area contributed by atoms with Gasteiger partial charge in [0.1, 0.15) is 0 Å². The summed E-state index contributed by atoms with van der Waals surface area (Å²) in [5.41, 5.74) is 0. The number of unbranched alkanes of at least 4 members (excludes halogenated alkanes) is 9. The summed E-state index contributed by atoms with van der Waals surface area (Å²) >= 11 is 4.34. The van der Waals surface area contributed by atoms with E-state index in [0.29, 0.717) is 6.61 Å². The molecule has 0 aromatic rings. The highest BCUT2D eigenvalue weighted by molar-refractivity contribution is 7.83. The number of carbonyl (C=O) groups excluding carboxylic acids is 1. The highest BCUT2D eigenvalue weighted by Gasteiger charge is 2.44. The summed E-state index contributed by atoms with van der Waals surface area (Å²) in [5, 5.41) is 0. The lowest BCUT2D eigenvalue weighted by Gasteiger charge is -2.28. The predicted molar refractivity (Wildman–Crippen MR) is 123 cm³/mol. The maximum atomic E-state index is 10.7. The fourth-order valence-corrected chi connectivity index (χ4v) is 5.49. The lowest BCUT2D eigenvalue weighted by molar-refractivity contribution is -0.137. The van der Waals surface area contributed by atoms with Crippen LogP contribution < -0.4 is 0 Å². The van der Waals surface area contributed by atoms with Crippen molar-refractivity contribution >= 4 is 27.4 Å². The number of hydrogen-bond acceptors (Lipinski definition) is 6. The first-order valence-electron chi connectivity index (χ1n) is 10.6. The van der Waals surface area contributed by atoms with E-state index in [0.717, 1.165) is 12.8 Å². The van der Waals surface area contributed by atoms with Crippen LogP contribution in [0.5, 0.6) is 0 Å². The van der Waals surface area contributed by atoms with Gasteiger partial charge in [-0.1, -0.05) is 78.2 Å². The molecule has 5 nitrogen and oxygen atoms in total. The van der Waals surface area contributed by atoms with Crippen LogP contribution in [0.15, 0.2) is 12.7 Å². The Bertz CT molecular complexity index is 356. The lowest BCUT2D eigenvalue weighted by Crippen LogP contribution is -2.51. The van der Waals surface area contributed by atoms with Crippen molar-refractivity contribution in [2.75, 3.05) is 27.9 Å². The third-order valence-corrected chi connectivity index (χ3v) is 8.80. The van der Waals surface area contributed by atoms with E-state index >= 15 is 0 Å². The predicted octanol–water partition coefficient (Wildman–Crippen LogP) is 5.75. The minimum Gasteiger partial charge on any atom is -0.463 e. The Morgan fingerprint density at radius 2 is 1.32 bits per heavy atom. The average molecular weight is 437 g/mol. The van der Waals surface area contributed by atoms with E-state index in [9.17, 15) is 4.79 Å². The standard InChI is InChI=1S/C15H28O2.C6H16O3SSi/c1-3-5-6-7-8-9-10-11-12-13-14-17-15(16)4-2;1-5-6(10)11(7-2,8-3)9-4/h4H,2-3,5-14H2,1H3;6,10H,5H2,1-4H3. The second-order valence-corrected chi connectivity index (χ2v) is 10.9. The molecule has 0 aromatic heterocycles. The van der Waals surface area contributed by atoms with E-state index in [2.05, 4.69) is 26.1 Å². The van der Waals surface area contributed by atoms with Crippen molar-refractivity contribution in [3.63, 3.8) is 0 Å². The monoisotopic (exact) mass is 436 g/mol. The quantitative estimate of drug-likeness (QED) is 0.103. The van der Waals surface area contributed by atoms with Crippen LogP contribution in [0.2, 0.25) is 0 Å². The number of hydrogen-bond donors (Lipinski definition) is 1. The molecule has 0 aliphatic rings. The molecular weight excluding hydrogens is 392 g/mol. The summed E-state index contributed by atoms with van der Waals surface area (Å²) in [6, 6.07) is 0. The number of carbonyl (C=O) groups is 1. The highest BCUT2D eigenvalue weighted by atomic mass is 32.1. The van der Waals surface area contributed by atoms with E-state index < -0.39 is 8.80 Å². The van der Waals surface area contributed by atoms with Crippen LogP contribution in [0.3, 0.4) is 0 Å². The molecule has 0 fully saturated rings. The van der Waals surface area contributed by atoms with Crippen LogP contribution in [-0.4, -0.2) is 47.6 Å². The highest BCUT2D eigenvalue weighted by Crippen LogP contribution is 2.19. The van der Waals surface area contributed by atoms with Gasteiger partial charge in [0, 0.05) is 27.4 Å². The van der Waals surface area contributed by atoms with E-state index in [1.54, 1.807) is 21.3 Å². The van der Waals surface area contributed by atoms with Gasteiger partial charge in [0.05, 0.1) is 11.5 Å². The molecule has 0 radical (unpaired) electrons. The second kappa shape index (κ2) is 21.4. The lowest BCUT2D eigenvalue weighted by atomic mass is 10.1. The first kappa shape index (κ1) is 29.9. The van der Waals surface area contributed by atoms with E-state index in [1.165, 1.54) is 63.9 Å². The van der Waals surface area contributed by atoms with Gasteiger partial charge in [0.25, 0.3) is 0 Å². The Morgan fingerprint density at radius 3 is 1.64 bits per heavy atom. The van der Waals surface area contributed by atoms with Gasteiger partial charge >= 0.3 is 14.8 Å². The SMILES string of the molecule is C=CC(=O)OCCCCCCCCCCCC.CCC(S)[Si](OC)(OC)OC. The van der Waals surface area contributed by atoms with Crippen molar-refractivity contribution in [1.82, 2.24) is 0 Å². The van der Waals surface area contributed by atoms with Crippen LogP contribution >= 0.6 is 12.6 Å². The molecule has 168 valence electrons. The summed E-state index contributed by atoms with van der Waals surface area (Å²) in [4.78, 5) is 10.8. The molecule has 0 saturated heterocycles. The molecule has 0 aliphatic carbocycles. The molecule has 0 amide bonds. The topological polar surface area (TPSA) is 54.0 Å². The van der Waals surface area contributed by atoms with Crippen molar-refractivity contribution in [2.45, 2.75) is 89.3 Å². The number of esters is 1. The first-order valence-corrected chi connectivity index (χ1v) is 12.9. The number of thiol groups is 1.